The van der Waals surface area contributed by atoms with Crippen molar-refractivity contribution in [3.63, 3.8) is 0 Å². The molecular weight excluding hydrogens is 331 g/mol. The molecule has 0 radical (unpaired) electrons. The summed E-state index contributed by atoms with van der Waals surface area (Å²) in [4.78, 5) is 0. The van der Waals surface area contributed by atoms with E-state index in [2.05, 4.69) is 10.2 Å². The Hall–Kier alpha value is -1.41. The number of halogens is 6. The van der Waals surface area contributed by atoms with Crippen LogP contribution in [0.15, 0.2) is 6.20 Å². The van der Waals surface area contributed by atoms with Gasteiger partial charge >= 0.3 is 6.18 Å². The first-order valence-electron chi connectivity index (χ1n) is 6.45. The van der Waals surface area contributed by atoms with Gasteiger partial charge in [0, 0.05) is 5.56 Å². The summed E-state index contributed by atoms with van der Waals surface area (Å²) in [5.41, 5.74) is -3.47. The number of rotatable bonds is 2. The first kappa shape index (κ1) is 15.5. The largest absolute Gasteiger partial charge is 0.397 e. The van der Waals surface area contributed by atoms with Crippen molar-refractivity contribution in [3.05, 3.63) is 28.4 Å². The molecule has 0 spiro atoms. The third-order valence-corrected chi connectivity index (χ3v) is 4.71. The number of alkyl halides is 3. The number of benzene rings is 1. The van der Waals surface area contributed by atoms with Crippen molar-refractivity contribution >= 4 is 22.5 Å². The number of aliphatic hydroxyl groups is 1. The van der Waals surface area contributed by atoms with Gasteiger partial charge in [-0.05, 0) is 12.8 Å². The highest BCUT2D eigenvalue weighted by molar-refractivity contribution is 6.31. The molecule has 1 aliphatic carbocycles. The van der Waals surface area contributed by atoms with Crippen molar-refractivity contribution in [3.8, 4) is 0 Å². The summed E-state index contributed by atoms with van der Waals surface area (Å²) in [5.74, 6) is -2.53. The third kappa shape index (κ3) is 1.86. The van der Waals surface area contributed by atoms with Gasteiger partial charge in [-0.25, -0.2) is 8.78 Å². The Kier molecular flexibility index (Phi) is 3.37. The van der Waals surface area contributed by atoms with E-state index in [1.54, 1.807) is 0 Å². The lowest BCUT2D eigenvalue weighted by molar-refractivity contribution is -0.284. The van der Waals surface area contributed by atoms with E-state index in [9.17, 15) is 27.1 Å². The number of H-pyrrole nitrogens is 1. The molecule has 0 amide bonds. The van der Waals surface area contributed by atoms with Gasteiger partial charge < -0.3 is 5.11 Å². The molecule has 1 aliphatic rings. The maximum absolute atomic E-state index is 14.3. The monoisotopic (exact) mass is 340 g/mol. The summed E-state index contributed by atoms with van der Waals surface area (Å²) in [5, 5.41) is 14.8. The zero-order valence-electron chi connectivity index (χ0n) is 10.9. The summed E-state index contributed by atoms with van der Waals surface area (Å²) >= 11 is 5.50. The van der Waals surface area contributed by atoms with E-state index in [4.69, 9.17) is 11.6 Å². The summed E-state index contributed by atoms with van der Waals surface area (Å²) < 4.78 is 68.0. The molecule has 2 N–H and O–H groups in total. The third-order valence-electron chi connectivity index (χ3n) is 4.37. The van der Waals surface area contributed by atoms with Crippen LogP contribution in [-0.4, -0.2) is 21.5 Å². The molecule has 1 fully saturated rings. The fraction of sp³-hybridized carbons (Fsp3) is 0.462. The van der Waals surface area contributed by atoms with Crippen molar-refractivity contribution in [2.24, 2.45) is 5.41 Å². The Morgan fingerprint density at radius 2 is 1.91 bits per heavy atom. The summed E-state index contributed by atoms with van der Waals surface area (Å²) in [6.45, 7) is 0. The van der Waals surface area contributed by atoms with Crippen molar-refractivity contribution in [1.82, 2.24) is 10.2 Å². The molecule has 9 heteroatoms. The van der Waals surface area contributed by atoms with Crippen LogP contribution in [0.2, 0.25) is 5.02 Å². The van der Waals surface area contributed by atoms with E-state index in [-0.39, 0.29) is 30.2 Å². The average Bonchev–Trinajstić information content (AvgIpc) is 2.82. The van der Waals surface area contributed by atoms with Crippen LogP contribution < -0.4 is 0 Å². The molecule has 0 aliphatic heterocycles. The van der Waals surface area contributed by atoms with Crippen molar-refractivity contribution in [2.45, 2.75) is 31.5 Å². The molecule has 0 bridgehead atoms. The van der Waals surface area contributed by atoms with E-state index < -0.39 is 39.9 Å². The van der Waals surface area contributed by atoms with Gasteiger partial charge in [-0.3, -0.25) is 5.10 Å². The minimum atomic E-state index is -4.72. The zero-order chi connectivity index (χ0) is 16.3. The van der Waals surface area contributed by atoms with E-state index in [0.717, 1.165) is 6.20 Å². The molecule has 1 aromatic carbocycles. The number of aliphatic hydroxyl groups excluding tert-OH is 1. The van der Waals surface area contributed by atoms with Crippen molar-refractivity contribution < 1.29 is 27.1 Å². The summed E-state index contributed by atoms with van der Waals surface area (Å²) in [7, 11) is 0. The molecule has 3 nitrogen and oxygen atoms in total. The Morgan fingerprint density at radius 1 is 1.27 bits per heavy atom. The second-order valence-electron chi connectivity index (χ2n) is 5.42. The molecular formula is C13H10ClF5N2O. The topological polar surface area (TPSA) is 48.9 Å². The second-order valence-corrected chi connectivity index (χ2v) is 5.80. The van der Waals surface area contributed by atoms with Gasteiger partial charge in [-0.15, -0.1) is 0 Å². The van der Waals surface area contributed by atoms with Crippen LogP contribution in [0.1, 0.15) is 30.9 Å². The second kappa shape index (κ2) is 4.79. The fourth-order valence-electron chi connectivity index (χ4n) is 2.90. The van der Waals surface area contributed by atoms with Crippen molar-refractivity contribution in [1.29, 1.82) is 0 Å². The van der Waals surface area contributed by atoms with Gasteiger partial charge in [0.2, 0.25) is 0 Å². The maximum Gasteiger partial charge on any atom is 0.397 e. The Balaban J connectivity index is 2.24. The lowest BCUT2D eigenvalue weighted by atomic mass is 9.63. The van der Waals surface area contributed by atoms with Gasteiger partial charge in [0.05, 0.1) is 28.6 Å². The minimum absolute atomic E-state index is 0.263. The van der Waals surface area contributed by atoms with Gasteiger partial charge in [0.25, 0.3) is 0 Å². The lowest BCUT2D eigenvalue weighted by Gasteiger charge is -2.46. The van der Waals surface area contributed by atoms with E-state index in [1.807, 2.05) is 0 Å². The first-order chi connectivity index (χ1) is 10.2. The Bertz CT molecular complexity index is 738. The molecule has 1 aromatic heterocycles. The summed E-state index contributed by atoms with van der Waals surface area (Å²) in [6, 6.07) is 0. The van der Waals surface area contributed by atoms with Crippen LogP contribution >= 0.6 is 11.6 Å². The van der Waals surface area contributed by atoms with Gasteiger partial charge in [0.1, 0.15) is 5.02 Å². The quantitative estimate of drug-likeness (QED) is 0.634. The standard InChI is InChI=1S/C13H10ClF5N2O/c14-7-8(15)5-4-20-21-10(5)6(9(7)16)11(22)12(2-1-3-12)13(17,18)19/h4,11,22H,1-3H2,(H,20,21). The molecule has 120 valence electrons. The zero-order valence-corrected chi connectivity index (χ0v) is 11.7. The van der Waals surface area contributed by atoms with Crippen LogP contribution in [0.3, 0.4) is 0 Å². The smallest absolute Gasteiger partial charge is 0.387 e. The number of fused-ring (bicyclic) bond motifs is 1. The van der Waals surface area contributed by atoms with Crippen LogP contribution in [0.4, 0.5) is 22.0 Å². The highest BCUT2D eigenvalue weighted by atomic mass is 35.5. The van der Waals surface area contributed by atoms with Crippen LogP contribution in [0, 0.1) is 17.0 Å². The number of aromatic amines is 1. The fourth-order valence-corrected chi connectivity index (χ4v) is 3.11. The number of hydrogen-bond donors (Lipinski definition) is 2. The molecule has 2 aromatic rings. The van der Waals surface area contributed by atoms with E-state index in [0.29, 0.717) is 0 Å². The minimum Gasteiger partial charge on any atom is -0.387 e. The molecule has 1 saturated carbocycles. The number of hydrogen-bond acceptors (Lipinski definition) is 2. The highest BCUT2D eigenvalue weighted by Gasteiger charge is 2.63. The average molecular weight is 341 g/mol. The SMILES string of the molecule is OC(c1c(F)c(Cl)c(F)c2cn[nH]c12)C1(C(F)(F)F)CCC1. The number of nitrogens with zero attached hydrogens (tertiary/aromatic N) is 1. The number of aromatic nitrogens is 2. The molecule has 1 heterocycles. The maximum atomic E-state index is 14.3. The normalized spacial score (nSPS) is 19.2. The van der Waals surface area contributed by atoms with Gasteiger partial charge in [-0.2, -0.15) is 18.3 Å². The Morgan fingerprint density at radius 3 is 2.41 bits per heavy atom. The first-order valence-corrected chi connectivity index (χ1v) is 6.82. The van der Waals surface area contributed by atoms with E-state index in [1.165, 1.54) is 0 Å². The molecule has 1 atom stereocenters. The molecule has 0 saturated heterocycles. The van der Waals surface area contributed by atoms with E-state index >= 15 is 0 Å². The van der Waals surface area contributed by atoms with Gasteiger partial charge in [0.15, 0.2) is 11.6 Å². The molecule has 3 rings (SSSR count). The van der Waals surface area contributed by atoms with Crippen LogP contribution in [0.25, 0.3) is 10.9 Å². The Labute approximate surface area is 126 Å². The van der Waals surface area contributed by atoms with Crippen molar-refractivity contribution in [2.75, 3.05) is 0 Å². The molecule has 22 heavy (non-hydrogen) atoms. The van der Waals surface area contributed by atoms with Crippen LogP contribution in [-0.2, 0) is 0 Å². The van der Waals surface area contributed by atoms with Crippen LogP contribution in [0.5, 0.6) is 0 Å². The van der Waals surface area contributed by atoms with Gasteiger partial charge in [-0.1, -0.05) is 18.0 Å². The predicted molar refractivity (Wildman–Crippen MR) is 68.3 cm³/mol. The highest BCUT2D eigenvalue weighted by Crippen LogP contribution is 2.60. The summed E-state index contributed by atoms with van der Waals surface area (Å²) in [6.07, 6.45) is -6.33. The lowest BCUT2D eigenvalue weighted by Crippen LogP contribution is -2.48. The number of nitrogens with one attached hydrogen (secondary N) is 1. The predicted octanol–water partition coefficient (Wildman–Crippen LogP) is 4.26. The molecule has 1 unspecified atom stereocenters.